The first kappa shape index (κ1) is 11.5. The van der Waals surface area contributed by atoms with Crippen molar-refractivity contribution in [2.24, 2.45) is 5.92 Å². The summed E-state index contributed by atoms with van der Waals surface area (Å²) in [4.78, 5) is 0. The van der Waals surface area contributed by atoms with Gasteiger partial charge in [0.05, 0.1) is 0 Å². The summed E-state index contributed by atoms with van der Waals surface area (Å²) in [5.41, 5.74) is 1.20. The first-order valence-electron chi connectivity index (χ1n) is 5.37. The maximum Gasteiger partial charge on any atom is 0.0478 e. The maximum atomic E-state index is 5.92. The highest BCUT2D eigenvalue weighted by molar-refractivity contribution is 14.1. The molecule has 0 aliphatic heterocycles. The molecule has 2 rings (SSSR count). The van der Waals surface area contributed by atoms with E-state index in [9.17, 15) is 0 Å². The van der Waals surface area contributed by atoms with Crippen LogP contribution in [0.15, 0.2) is 18.2 Å². The van der Waals surface area contributed by atoms with Crippen molar-refractivity contribution < 1.29 is 0 Å². The van der Waals surface area contributed by atoms with Crippen LogP contribution in [-0.4, -0.2) is 6.04 Å². The van der Waals surface area contributed by atoms with Crippen LogP contribution in [0, 0.1) is 9.49 Å². The normalized spacial score (nSPS) is 17.5. The lowest BCUT2D eigenvalue weighted by atomic mass is 10.1. The maximum absolute atomic E-state index is 5.92. The molecular weight excluding hydrogens is 320 g/mol. The summed E-state index contributed by atoms with van der Waals surface area (Å²) >= 11 is 8.24. The number of benzene rings is 1. The van der Waals surface area contributed by atoms with Crippen LogP contribution in [-0.2, 0) is 0 Å². The second-order valence-corrected chi connectivity index (χ2v) is 5.95. The average molecular weight is 336 g/mol. The van der Waals surface area contributed by atoms with E-state index in [-0.39, 0.29) is 0 Å². The van der Waals surface area contributed by atoms with Gasteiger partial charge in [0.1, 0.15) is 0 Å². The summed E-state index contributed by atoms with van der Waals surface area (Å²) in [5, 5.41) is 4.35. The average Bonchev–Trinajstić information content (AvgIpc) is 2.94. The molecule has 3 heteroatoms. The molecule has 1 saturated carbocycles. The summed E-state index contributed by atoms with van der Waals surface area (Å²) in [6.45, 7) is 2.25. The lowest BCUT2D eigenvalue weighted by Crippen LogP contribution is -2.16. The van der Waals surface area contributed by atoms with Gasteiger partial charge in [-0.3, -0.25) is 0 Å². The van der Waals surface area contributed by atoms with E-state index in [1.807, 2.05) is 12.1 Å². The van der Waals surface area contributed by atoms with E-state index in [0.717, 1.165) is 10.9 Å². The van der Waals surface area contributed by atoms with Gasteiger partial charge in [-0.05, 0) is 60.1 Å². The molecule has 1 aliphatic carbocycles. The lowest BCUT2D eigenvalue weighted by molar-refractivity contribution is 0.642. The summed E-state index contributed by atoms with van der Waals surface area (Å²) in [7, 11) is 0. The van der Waals surface area contributed by atoms with Gasteiger partial charge in [-0.15, -0.1) is 0 Å². The number of nitrogens with one attached hydrogen (secondary N) is 1. The first-order valence-corrected chi connectivity index (χ1v) is 6.82. The number of anilines is 1. The van der Waals surface area contributed by atoms with E-state index in [1.165, 1.54) is 28.5 Å². The van der Waals surface area contributed by atoms with Gasteiger partial charge in [0.25, 0.3) is 0 Å². The van der Waals surface area contributed by atoms with Gasteiger partial charge >= 0.3 is 0 Å². The van der Waals surface area contributed by atoms with Crippen molar-refractivity contribution in [3.05, 3.63) is 26.8 Å². The minimum absolute atomic E-state index is 0.562. The van der Waals surface area contributed by atoms with E-state index < -0.39 is 0 Å². The third-order valence-corrected chi connectivity index (χ3v) is 3.84. The minimum atomic E-state index is 0.562. The van der Waals surface area contributed by atoms with Crippen LogP contribution in [0.4, 0.5) is 5.69 Å². The van der Waals surface area contributed by atoms with E-state index in [4.69, 9.17) is 11.6 Å². The van der Waals surface area contributed by atoms with E-state index in [2.05, 4.69) is 40.9 Å². The largest absolute Gasteiger partial charge is 0.382 e. The highest BCUT2D eigenvalue weighted by Gasteiger charge is 2.23. The van der Waals surface area contributed by atoms with E-state index in [0.29, 0.717) is 6.04 Å². The van der Waals surface area contributed by atoms with Gasteiger partial charge in [0, 0.05) is 20.3 Å². The molecule has 1 nitrogen and oxygen atoms in total. The first-order chi connectivity index (χ1) is 7.15. The van der Waals surface area contributed by atoms with Gasteiger partial charge in [0.2, 0.25) is 0 Å². The second-order valence-electron chi connectivity index (χ2n) is 4.35. The van der Waals surface area contributed by atoms with Crippen molar-refractivity contribution in [2.45, 2.75) is 32.2 Å². The molecule has 82 valence electrons. The Hall–Kier alpha value is 0.0400. The highest BCUT2D eigenvalue weighted by Crippen LogP contribution is 2.34. The summed E-state index contributed by atoms with van der Waals surface area (Å²) in [6.07, 6.45) is 4.13. The van der Waals surface area contributed by atoms with Gasteiger partial charge in [-0.1, -0.05) is 24.4 Å². The van der Waals surface area contributed by atoms with Crippen LogP contribution in [0.5, 0.6) is 0 Å². The fourth-order valence-electron chi connectivity index (χ4n) is 1.78. The predicted molar refractivity (Wildman–Crippen MR) is 74.6 cm³/mol. The number of halogens is 2. The molecule has 0 saturated heterocycles. The van der Waals surface area contributed by atoms with Gasteiger partial charge in [-0.25, -0.2) is 0 Å². The van der Waals surface area contributed by atoms with E-state index >= 15 is 0 Å². The van der Waals surface area contributed by atoms with Gasteiger partial charge in [0.15, 0.2) is 0 Å². The van der Waals surface area contributed by atoms with Gasteiger partial charge in [-0.2, -0.15) is 0 Å². The number of hydrogen-bond donors (Lipinski definition) is 1. The SMILES string of the molecule is CC(CC1CC1)Nc1ccc(Cl)cc1I. The van der Waals surface area contributed by atoms with Gasteiger partial charge < -0.3 is 5.32 Å². The molecule has 0 amide bonds. The quantitative estimate of drug-likeness (QED) is 0.796. The molecular formula is C12H15ClIN. The Kier molecular flexibility index (Phi) is 3.78. The molecule has 1 aromatic carbocycles. The van der Waals surface area contributed by atoms with Crippen LogP contribution in [0.1, 0.15) is 26.2 Å². The fraction of sp³-hybridized carbons (Fsp3) is 0.500. The van der Waals surface area contributed by atoms with Crippen molar-refractivity contribution in [3.8, 4) is 0 Å². The Labute approximate surface area is 110 Å². The van der Waals surface area contributed by atoms with Crippen molar-refractivity contribution >= 4 is 39.9 Å². The fourth-order valence-corrected chi connectivity index (χ4v) is 2.81. The second kappa shape index (κ2) is 4.91. The molecule has 1 aromatic rings. The Balaban J connectivity index is 1.96. The Morgan fingerprint density at radius 2 is 2.27 bits per heavy atom. The van der Waals surface area contributed by atoms with Crippen LogP contribution in [0.3, 0.4) is 0 Å². The molecule has 15 heavy (non-hydrogen) atoms. The Morgan fingerprint density at radius 1 is 1.53 bits per heavy atom. The lowest BCUT2D eigenvalue weighted by Gasteiger charge is -2.16. The molecule has 0 bridgehead atoms. The highest BCUT2D eigenvalue weighted by atomic mass is 127. The molecule has 1 aliphatic rings. The number of hydrogen-bond acceptors (Lipinski definition) is 1. The van der Waals surface area contributed by atoms with Crippen LogP contribution in [0.25, 0.3) is 0 Å². The standard InChI is InChI=1S/C12H15ClIN/c1-8(6-9-2-3-9)15-12-5-4-10(13)7-11(12)14/h4-5,7-9,15H,2-3,6H2,1H3. The summed E-state index contributed by atoms with van der Waals surface area (Å²) < 4.78 is 1.20. The molecule has 1 fully saturated rings. The van der Waals surface area contributed by atoms with Crippen molar-refractivity contribution in [2.75, 3.05) is 5.32 Å². The molecule has 0 radical (unpaired) electrons. The minimum Gasteiger partial charge on any atom is -0.382 e. The molecule has 0 spiro atoms. The zero-order valence-corrected chi connectivity index (χ0v) is 11.7. The van der Waals surface area contributed by atoms with Crippen molar-refractivity contribution in [1.29, 1.82) is 0 Å². The Morgan fingerprint density at radius 3 is 2.87 bits per heavy atom. The number of rotatable bonds is 4. The molecule has 0 heterocycles. The Bertz CT molecular complexity index is 349. The van der Waals surface area contributed by atoms with Crippen LogP contribution in [0.2, 0.25) is 5.02 Å². The topological polar surface area (TPSA) is 12.0 Å². The van der Waals surface area contributed by atoms with E-state index in [1.54, 1.807) is 0 Å². The third-order valence-electron chi connectivity index (χ3n) is 2.72. The van der Waals surface area contributed by atoms with Crippen LogP contribution >= 0.6 is 34.2 Å². The van der Waals surface area contributed by atoms with Crippen LogP contribution < -0.4 is 5.32 Å². The zero-order valence-electron chi connectivity index (χ0n) is 8.76. The smallest absolute Gasteiger partial charge is 0.0478 e. The molecule has 1 N–H and O–H groups in total. The molecule has 0 aromatic heterocycles. The third kappa shape index (κ3) is 3.52. The summed E-state index contributed by atoms with van der Waals surface area (Å²) in [5.74, 6) is 0.970. The molecule has 1 unspecified atom stereocenters. The monoisotopic (exact) mass is 335 g/mol. The molecule has 1 atom stereocenters. The zero-order chi connectivity index (χ0) is 10.8. The predicted octanol–water partition coefficient (Wildman–Crippen LogP) is 4.55. The summed E-state index contributed by atoms with van der Waals surface area (Å²) in [6, 6.07) is 6.56. The van der Waals surface area contributed by atoms with Crippen molar-refractivity contribution in [1.82, 2.24) is 0 Å². The van der Waals surface area contributed by atoms with Crippen molar-refractivity contribution in [3.63, 3.8) is 0 Å².